The van der Waals surface area contributed by atoms with Crippen LogP contribution in [0.25, 0.3) is 0 Å². The Hall–Kier alpha value is -0.410. The second-order valence-corrected chi connectivity index (χ2v) is 6.52. The first-order chi connectivity index (χ1) is 9.52. The molecule has 1 aliphatic carbocycles. The van der Waals surface area contributed by atoms with Crippen LogP contribution in [0.4, 0.5) is 0 Å². The highest BCUT2D eigenvalue weighted by Gasteiger charge is 2.34. The number of halogens is 1. The number of aryl methyl sites for hydroxylation is 1. The van der Waals surface area contributed by atoms with E-state index in [0.717, 1.165) is 49.0 Å². The zero-order chi connectivity index (χ0) is 14.6. The number of aliphatic hydroxyl groups is 1. The zero-order valence-electron chi connectivity index (χ0n) is 12.9. The quantitative estimate of drug-likeness (QED) is 0.433. The smallest absolute Gasteiger partial charge is 0.194 e. The molecule has 120 valence electrons. The van der Waals surface area contributed by atoms with Crippen LogP contribution in [0.3, 0.4) is 0 Å². The van der Waals surface area contributed by atoms with Crippen LogP contribution in [0, 0.1) is 6.92 Å². The first-order valence-electron chi connectivity index (χ1n) is 7.15. The van der Waals surface area contributed by atoms with Gasteiger partial charge < -0.3 is 15.3 Å². The minimum Gasteiger partial charge on any atom is -0.388 e. The van der Waals surface area contributed by atoms with Crippen molar-refractivity contribution in [3.05, 3.63) is 16.1 Å². The molecule has 7 heteroatoms. The summed E-state index contributed by atoms with van der Waals surface area (Å²) in [6.07, 6.45) is 2.84. The van der Waals surface area contributed by atoms with Crippen LogP contribution in [0.5, 0.6) is 0 Å². The summed E-state index contributed by atoms with van der Waals surface area (Å²) >= 11 is 1.66. The predicted octanol–water partition coefficient (Wildman–Crippen LogP) is 2.38. The topological polar surface area (TPSA) is 60.8 Å². The van der Waals surface area contributed by atoms with Crippen LogP contribution in [-0.2, 0) is 6.54 Å². The number of guanidine groups is 1. The highest BCUT2D eigenvalue weighted by molar-refractivity contribution is 14.0. The fourth-order valence-corrected chi connectivity index (χ4v) is 2.84. The normalized spacial score (nSPS) is 16.9. The SMILES string of the molecule is CCNC(=NCC1(O)CCC1)N(C)Cc1csc(C)n1.I. The van der Waals surface area contributed by atoms with Gasteiger partial charge in [0, 0.05) is 19.0 Å². The highest BCUT2D eigenvalue weighted by Crippen LogP contribution is 2.31. The molecule has 0 amide bonds. The van der Waals surface area contributed by atoms with E-state index in [-0.39, 0.29) is 24.0 Å². The number of hydrogen-bond acceptors (Lipinski definition) is 4. The molecule has 0 atom stereocenters. The van der Waals surface area contributed by atoms with Crippen molar-refractivity contribution in [2.75, 3.05) is 20.1 Å². The Morgan fingerprint density at radius 3 is 2.76 bits per heavy atom. The molecule has 0 bridgehead atoms. The van der Waals surface area contributed by atoms with Crippen molar-refractivity contribution in [2.24, 2.45) is 4.99 Å². The maximum Gasteiger partial charge on any atom is 0.194 e. The first kappa shape index (κ1) is 18.6. The molecule has 2 rings (SSSR count). The minimum atomic E-state index is -0.571. The largest absolute Gasteiger partial charge is 0.388 e. The summed E-state index contributed by atoms with van der Waals surface area (Å²) in [4.78, 5) is 11.1. The van der Waals surface area contributed by atoms with Gasteiger partial charge in [-0.25, -0.2) is 4.98 Å². The Bertz CT molecular complexity index is 473. The number of hydrogen-bond donors (Lipinski definition) is 2. The average Bonchev–Trinajstić information content (AvgIpc) is 2.77. The summed E-state index contributed by atoms with van der Waals surface area (Å²) in [5.41, 5.74) is 0.488. The molecule has 0 aliphatic heterocycles. The lowest BCUT2D eigenvalue weighted by atomic mass is 9.80. The monoisotopic (exact) mass is 424 g/mol. The molecule has 1 saturated carbocycles. The molecule has 1 aromatic rings. The molecule has 1 aromatic heterocycles. The molecule has 1 fully saturated rings. The second kappa shape index (κ2) is 8.28. The van der Waals surface area contributed by atoms with E-state index < -0.39 is 5.60 Å². The van der Waals surface area contributed by atoms with Crippen LogP contribution in [0.2, 0.25) is 0 Å². The number of thiazole rings is 1. The Morgan fingerprint density at radius 2 is 2.29 bits per heavy atom. The summed E-state index contributed by atoms with van der Waals surface area (Å²) in [6, 6.07) is 0. The fourth-order valence-electron chi connectivity index (χ4n) is 2.23. The molecule has 0 unspecified atom stereocenters. The standard InChI is InChI=1S/C14H24N4OS.HI/c1-4-15-13(16-10-14(19)6-5-7-14)18(3)8-12-9-20-11(2)17-12;/h9,19H,4-8,10H2,1-3H3,(H,15,16);1H. The summed E-state index contributed by atoms with van der Waals surface area (Å²) in [5.74, 6) is 0.832. The number of nitrogens with zero attached hydrogens (tertiary/aromatic N) is 3. The van der Waals surface area contributed by atoms with Gasteiger partial charge in [-0.15, -0.1) is 35.3 Å². The fraction of sp³-hybridized carbons (Fsp3) is 0.714. The maximum atomic E-state index is 10.1. The van der Waals surface area contributed by atoms with Gasteiger partial charge in [-0.2, -0.15) is 0 Å². The van der Waals surface area contributed by atoms with Crippen LogP contribution in [0.1, 0.15) is 36.9 Å². The van der Waals surface area contributed by atoms with Crippen LogP contribution in [0.15, 0.2) is 10.4 Å². The Balaban J connectivity index is 0.00000220. The third-order valence-electron chi connectivity index (χ3n) is 3.57. The highest BCUT2D eigenvalue weighted by atomic mass is 127. The van der Waals surface area contributed by atoms with Crippen LogP contribution in [-0.4, -0.2) is 46.7 Å². The minimum absolute atomic E-state index is 0. The third-order valence-corrected chi connectivity index (χ3v) is 4.39. The van der Waals surface area contributed by atoms with Gasteiger partial charge in [0.15, 0.2) is 5.96 Å². The lowest BCUT2D eigenvalue weighted by Gasteiger charge is -2.35. The summed E-state index contributed by atoms with van der Waals surface area (Å²) in [6.45, 7) is 6.09. The van der Waals surface area contributed by atoms with E-state index in [0.29, 0.717) is 6.54 Å². The van der Waals surface area contributed by atoms with E-state index in [4.69, 9.17) is 0 Å². The van der Waals surface area contributed by atoms with Crippen molar-refractivity contribution in [1.82, 2.24) is 15.2 Å². The van der Waals surface area contributed by atoms with Gasteiger partial charge in [0.25, 0.3) is 0 Å². The predicted molar refractivity (Wildman–Crippen MR) is 98.5 cm³/mol. The Labute approximate surface area is 147 Å². The summed E-state index contributed by atoms with van der Waals surface area (Å²) in [5, 5.41) is 16.6. The van der Waals surface area contributed by atoms with Gasteiger partial charge in [0.2, 0.25) is 0 Å². The maximum absolute atomic E-state index is 10.1. The Morgan fingerprint density at radius 1 is 1.57 bits per heavy atom. The molecule has 1 aliphatic rings. The Kier molecular flexibility index (Phi) is 7.35. The van der Waals surface area contributed by atoms with Crippen molar-refractivity contribution in [3.8, 4) is 0 Å². The van der Waals surface area contributed by atoms with Crippen molar-refractivity contribution in [1.29, 1.82) is 0 Å². The summed E-state index contributed by atoms with van der Waals surface area (Å²) < 4.78 is 0. The van der Waals surface area contributed by atoms with Gasteiger partial charge in [-0.05, 0) is 33.1 Å². The van der Waals surface area contributed by atoms with Gasteiger partial charge in [0.1, 0.15) is 0 Å². The van der Waals surface area contributed by atoms with Gasteiger partial charge in [-0.1, -0.05) is 0 Å². The zero-order valence-corrected chi connectivity index (χ0v) is 16.1. The molecule has 2 N–H and O–H groups in total. The van der Waals surface area contributed by atoms with E-state index in [1.807, 2.05) is 14.0 Å². The molecule has 0 aromatic carbocycles. The number of aliphatic imine (C=N–C) groups is 1. The lowest BCUT2D eigenvalue weighted by molar-refractivity contribution is -0.0237. The second-order valence-electron chi connectivity index (χ2n) is 5.46. The van der Waals surface area contributed by atoms with Crippen molar-refractivity contribution < 1.29 is 5.11 Å². The molecule has 0 spiro atoms. The van der Waals surface area contributed by atoms with Crippen LogP contribution < -0.4 is 5.32 Å². The van der Waals surface area contributed by atoms with E-state index >= 15 is 0 Å². The number of nitrogens with one attached hydrogen (secondary N) is 1. The number of rotatable bonds is 5. The van der Waals surface area contributed by atoms with E-state index in [9.17, 15) is 5.11 Å². The molecule has 5 nitrogen and oxygen atoms in total. The van der Waals surface area contributed by atoms with Gasteiger partial charge in [0.05, 0.1) is 29.4 Å². The summed E-state index contributed by atoms with van der Waals surface area (Å²) in [7, 11) is 2.00. The van der Waals surface area contributed by atoms with E-state index in [1.165, 1.54) is 0 Å². The number of aromatic nitrogens is 1. The van der Waals surface area contributed by atoms with Crippen molar-refractivity contribution >= 4 is 41.3 Å². The first-order valence-corrected chi connectivity index (χ1v) is 8.03. The third kappa shape index (κ3) is 5.37. The van der Waals surface area contributed by atoms with Gasteiger partial charge >= 0.3 is 0 Å². The van der Waals surface area contributed by atoms with Crippen molar-refractivity contribution in [2.45, 2.75) is 45.3 Å². The van der Waals surface area contributed by atoms with Crippen molar-refractivity contribution in [3.63, 3.8) is 0 Å². The molecule has 0 saturated heterocycles. The van der Waals surface area contributed by atoms with Gasteiger partial charge in [-0.3, -0.25) is 4.99 Å². The van der Waals surface area contributed by atoms with E-state index in [2.05, 4.69) is 32.5 Å². The molecule has 1 heterocycles. The molecule has 21 heavy (non-hydrogen) atoms. The van der Waals surface area contributed by atoms with E-state index in [1.54, 1.807) is 11.3 Å². The average molecular weight is 424 g/mol. The van der Waals surface area contributed by atoms with Crippen LogP contribution >= 0.6 is 35.3 Å². The molecular formula is C14H25IN4OS. The lowest BCUT2D eigenvalue weighted by Crippen LogP contribution is -2.43. The molecule has 0 radical (unpaired) electrons. The molecular weight excluding hydrogens is 399 g/mol.